The summed E-state index contributed by atoms with van der Waals surface area (Å²) in [5.41, 5.74) is 6.44. The van der Waals surface area contributed by atoms with E-state index < -0.39 is 0 Å². The number of benzene rings is 3. The van der Waals surface area contributed by atoms with Gasteiger partial charge < -0.3 is 0 Å². The molecule has 0 radical (unpaired) electrons. The minimum absolute atomic E-state index is 0.0653. The molecule has 4 aliphatic carbocycles. The van der Waals surface area contributed by atoms with Crippen LogP contribution in [0.25, 0.3) is 0 Å². The molecule has 4 bridgehead atoms. The van der Waals surface area contributed by atoms with Gasteiger partial charge in [0.15, 0.2) is 0 Å². The molecule has 0 amide bonds. The summed E-state index contributed by atoms with van der Waals surface area (Å²) in [6.07, 6.45) is 10.6. The topological polar surface area (TPSA) is 12.9 Å². The first kappa shape index (κ1) is 21.1. The van der Waals surface area contributed by atoms with Gasteiger partial charge in [0, 0.05) is 17.3 Å². The molecule has 0 spiro atoms. The molecular weight excluding hydrogens is 422 g/mol. The zero-order valence-corrected chi connectivity index (χ0v) is 20.4. The standard InChI is InChI=1S/C34H33N/c1-4-12-27(13-5-1)31-19-20-32(28-14-6-2-7-15-28)23-33(22-31,29-16-8-3-9-17-29)26-34(24-31,25-32)30-18-10-11-21-35-30/h1-18,21H,19-20,22-26H2. The van der Waals surface area contributed by atoms with Gasteiger partial charge >= 0.3 is 0 Å². The van der Waals surface area contributed by atoms with Gasteiger partial charge in [0.2, 0.25) is 0 Å². The number of hydrogen-bond acceptors (Lipinski definition) is 1. The number of aromatic nitrogens is 1. The van der Waals surface area contributed by atoms with Crippen molar-refractivity contribution in [3.8, 4) is 0 Å². The van der Waals surface area contributed by atoms with Crippen molar-refractivity contribution in [2.24, 2.45) is 0 Å². The van der Waals surface area contributed by atoms with Crippen LogP contribution in [0.3, 0.4) is 0 Å². The molecule has 0 N–H and O–H groups in total. The number of nitrogens with zero attached hydrogens (tertiary/aromatic N) is 1. The molecule has 0 aliphatic heterocycles. The fourth-order valence-electron chi connectivity index (χ4n) is 8.90. The Morgan fingerprint density at radius 2 is 0.800 bits per heavy atom. The Kier molecular flexibility index (Phi) is 4.62. The third kappa shape index (κ3) is 3.17. The lowest BCUT2D eigenvalue weighted by molar-refractivity contribution is 0.0350. The third-order valence-corrected chi connectivity index (χ3v) is 9.83. The average molecular weight is 456 g/mol. The van der Waals surface area contributed by atoms with Crippen molar-refractivity contribution < 1.29 is 0 Å². The Labute approximate surface area is 209 Å². The second kappa shape index (κ2) is 7.65. The summed E-state index contributed by atoms with van der Waals surface area (Å²) in [6.45, 7) is 0. The van der Waals surface area contributed by atoms with Crippen LogP contribution in [0.4, 0.5) is 0 Å². The van der Waals surface area contributed by atoms with E-state index in [4.69, 9.17) is 4.98 Å². The highest BCUT2D eigenvalue weighted by Gasteiger charge is 2.66. The van der Waals surface area contributed by atoms with Gasteiger partial charge in [-0.25, -0.2) is 0 Å². The molecule has 1 heterocycles. The van der Waals surface area contributed by atoms with Crippen LogP contribution < -0.4 is 0 Å². The predicted octanol–water partition coefficient (Wildman–Crippen LogP) is 7.90. The van der Waals surface area contributed by atoms with Gasteiger partial charge in [-0.1, -0.05) is 97.1 Å². The first-order valence-corrected chi connectivity index (χ1v) is 13.2. The van der Waals surface area contributed by atoms with Crippen molar-refractivity contribution >= 4 is 0 Å². The molecule has 1 nitrogen and oxygen atoms in total. The van der Waals surface area contributed by atoms with E-state index in [2.05, 4.69) is 109 Å². The zero-order valence-electron chi connectivity index (χ0n) is 20.4. The van der Waals surface area contributed by atoms with Gasteiger partial charge in [0.1, 0.15) is 0 Å². The van der Waals surface area contributed by atoms with Gasteiger partial charge in [-0.3, -0.25) is 4.98 Å². The lowest BCUT2D eigenvalue weighted by Crippen LogP contribution is -2.57. The van der Waals surface area contributed by atoms with Crippen LogP contribution in [0, 0.1) is 0 Å². The second-order valence-electron chi connectivity index (χ2n) is 11.8. The molecule has 1 aromatic heterocycles. The maximum absolute atomic E-state index is 5.08. The fourth-order valence-corrected chi connectivity index (χ4v) is 8.90. The van der Waals surface area contributed by atoms with Crippen molar-refractivity contribution in [1.29, 1.82) is 0 Å². The summed E-state index contributed by atoms with van der Waals surface area (Å²) in [5.74, 6) is 0. The number of hydrogen-bond donors (Lipinski definition) is 0. The minimum Gasteiger partial charge on any atom is -0.261 e. The van der Waals surface area contributed by atoms with Crippen LogP contribution in [0.2, 0.25) is 0 Å². The SMILES string of the molecule is c1ccc(C23CCC4(c5ccccc5)CC(c5ccccc5)(C2)CC(c2ccccn2)(C3)C4)cc1. The van der Waals surface area contributed by atoms with Gasteiger partial charge in [0.25, 0.3) is 0 Å². The van der Waals surface area contributed by atoms with Gasteiger partial charge in [-0.2, -0.15) is 0 Å². The highest BCUT2D eigenvalue weighted by atomic mass is 14.8. The molecule has 4 aromatic rings. The fraction of sp³-hybridized carbons (Fsp3) is 0.324. The molecule has 2 unspecified atom stereocenters. The maximum Gasteiger partial charge on any atom is 0.0466 e. The van der Waals surface area contributed by atoms with Crippen LogP contribution in [0.15, 0.2) is 115 Å². The molecule has 1 heteroatoms. The molecule has 4 fully saturated rings. The molecule has 35 heavy (non-hydrogen) atoms. The Bertz CT molecular complexity index is 1190. The molecule has 4 aliphatic rings. The summed E-state index contributed by atoms with van der Waals surface area (Å²) < 4.78 is 0. The van der Waals surface area contributed by atoms with E-state index in [9.17, 15) is 0 Å². The van der Waals surface area contributed by atoms with Gasteiger partial charge in [-0.05, 0) is 90.0 Å². The molecule has 8 rings (SSSR count). The van der Waals surface area contributed by atoms with Gasteiger partial charge in [0.05, 0.1) is 0 Å². The largest absolute Gasteiger partial charge is 0.261 e. The smallest absolute Gasteiger partial charge is 0.0466 e. The average Bonchev–Trinajstić information content (AvgIpc) is 3.11. The summed E-state index contributed by atoms with van der Waals surface area (Å²) in [4.78, 5) is 5.08. The monoisotopic (exact) mass is 455 g/mol. The lowest BCUT2D eigenvalue weighted by atomic mass is 9.42. The normalized spacial score (nSPS) is 33.4. The summed E-state index contributed by atoms with van der Waals surface area (Å²) in [6, 6.07) is 41.1. The third-order valence-electron chi connectivity index (χ3n) is 9.83. The number of fused-ring (bicyclic) bond motifs is 1. The van der Waals surface area contributed by atoms with E-state index in [-0.39, 0.29) is 21.7 Å². The first-order valence-electron chi connectivity index (χ1n) is 13.2. The molecule has 0 saturated heterocycles. The molecule has 174 valence electrons. The quantitative estimate of drug-likeness (QED) is 0.305. The van der Waals surface area contributed by atoms with Gasteiger partial charge in [-0.15, -0.1) is 0 Å². The van der Waals surface area contributed by atoms with Crippen molar-refractivity contribution in [2.75, 3.05) is 0 Å². The Balaban J connectivity index is 1.53. The summed E-state index contributed by atoms with van der Waals surface area (Å²) >= 11 is 0. The highest BCUT2D eigenvalue weighted by molar-refractivity contribution is 5.45. The van der Waals surface area contributed by atoms with Crippen LogP contribution in [-0.2, 0) is 21.7 Å². The second-order valence-corrected chi connectivity index (χ2v) is 11.8. The molecule has 2 atom stereocenters. The molecule has 3 aromatic carbocycles. The highest BCUT2D eigenvalue weighted by Crippen LogP contribution is 2.71. The van der Waals surface area contributed by atoms with E-state index in [1.54, 1.807) is 0 Å². The Morgan fingerprint density at radius 1 is 0.400 bits per heavy atom. The molecule has 4 saturated carbocycles. The molecular formula is C34H33N. The van der Waals surface area contributed by atoms with Crippen molar-refractivity contribution in [3.05, 3.63) is 138 Å². The van der Waals surface area contributed by atoms with Crippen LogP contribution in [0.1, 0.15) is 67.3 Å². The number of rotatable bonds is 4. The predicted molar refractivity (Wildman–Crippen MR) is 143 cm³/mol. The Morgan fingerprint density at radius 3 is 1.26 bits per heavy atom. The minimum atomic E-state index is 0.0653. The maximum atomic E-state index is 5.08. The van der Waals surface area contributed by atoms with Crippen molar-refractivity contribution in [2.45, 2.75) is 66.6 Å². The van der Waals surface area contributed by atoms with Crippen molar-refractivity contribution in [1.82, 2.24) is 4.98 Å². The van der Waals surface area contributed by atoms with E-state index in [0.29, 0.717) is 0 Å². The van der Waals surface area contributed by atoms with Crippen LogP contribution in [0.5, 0.6) is 0 Å². The van der Waals surface area contributed by atoms with Crippen LogP contribution >= 0.6 is 0 Å². The van der Waals surface area contributed by atoms with E-state index in [1.165, 1.54) is 67.3 Å². The zero-order chi connectivity index (χ0) is 23.4. The Hall–Kier alpha value is -3.19. The van der Waals surface area contributed by atoms with E-state index in [0.717, 1.165) is 0 Å². The van der Waals surface area contributed by atoms with E-state index >= 15 is 0 Å². The van der Waals surface area contributed by atoms with Crippen LogP contribution in [-0.4, -0.2) is 4.98 Å². The summed E-state index contributed by atoms with van der Waals surface area (Å²) in [7, 11) is 0. The number of pyridine rings is 1. The van der Waals surface area contributed by atoms with Crippen molar-refractivity contribution in [3.63, 3.8) is 0 Å². The van der Waals surface area contributed by atoms with E-state index in [1.807, 2.05) is 6.20 Å². The lowest BCUT2D eigenvalue weighted by Gasteiger charge is -2.61. The summed E-state index contributed by atoms with van der Waals surface area (Å²) in [5, 5.41) is 0. The first-order chi connectivity index (χ1) is 17.2.